The molecule has 2 unspecified atom stereocenters. The van der Waals surface area contributed by atoms with Gasteiger partial charge in [-0.05, 0) is 24.6 Å². The summed E-state index contributed by atoms with van der Waals surface area (Å²) in [5, 5.41) is 3.25. The number of aromatic nitrogens is 1. The van der Waals surface area contributed by atoms with Crippen molar-refractivity contribution in [2.24, 2.45) is 11.8 Å². The Kier molecular flexibility index (Phi) is 3.19. The van der Waals surface area contributed by atoms with E-state index in [-0.39, 0.29) is 11.8 Å². The van der Waals surface area contributed by atoms with Crippen LogP contribution in [0.3, 0.4) is 0 Å². The average Bonchev–Trinajstić information content (AvgIpc) is 2.75. The van der Waals surface area contributed by atoms with Crippen molar-refractivity contribution < 1.29 is 4.79 Å². The fraction of sp³-hybridized carbons (Fsp3) is 0.500. The highest BCUT2D eigenvalue weighted by molar-refractivity contribution is 5.94. The summed E-state index contributed by atoms with van der Waals surface area (Å²) in [6, 6.07) is 3.70. The Labute approximate surface area is 95.7 Å². The summed E-state index contributed by atoms with van der Waals surface area (Å²) < 4.78 is 0. The van der Waals surface area contributed by atoms with Crippen molar-refractivity contribution in [3.63, 3.8) is 0 Å². The third-order valence-electron chi connectivity index (χ3n) is 3.22. The molecule has 0 spiro atoms. The first kappa shape index (κ1) is 11.1. The second kappa shape index (κ2) is 4.61. The summed E-state index contributed by atoms with van der Waals surface area (Å²) in [5.74, 6) is 0.693. The molecule has 0 bridgehead atoms. The van der Waals surface area contributed by atoms with E-state index in [0.717, 1.165) is 18.8 Å². The number of anilines is 1. The number of pyridine rings is 1. The van der Waals surface area contributed by atoms with Gasteiger partial charge in [0.25, 0.3) is 0 Å². The molecule has 0 aliphatic carbocycles. The summed E-state index contributed by atoms with van der Waals surface area (Å²) in [4.78, 5) is 17.9. The fourth-order valence-electron chi connectivity index (χ4n) is 2.08. The zero-order valence-corrected chi connectivity index (χ0v) is 9.68. The van der Waals surface area contributed by atoms with E-state index >= 15 is 0 Å². The second-order valence-electron chi connectivity index (χ2n) is 4.34. The molecule has 1 amide bonds. The van der Waals surface area contributed by atoms with Crippen LogP contribution in [-0.4, -0.2) is 31.0 Å². The maximum atomic E-state index is 12.2. The molecule has 1 aromatic heterocycles. The quantitative estimate of drug-likeness (QED) is 0.803. The Morgan fingerprint density at radius 3 is 2.69 bits per heavy atom. The first-order valence-electron chi connectivity index (χ1n) is 5.58. The van der Waals surface area contributed by atoms with Crippen molar-refractivity contribution in [3.8, 4) is 0 Å². The molecule has 4 nitrogen and oxygen atoms in total. The summed E-state index contributed by atoms with van der Waals surface area (Å²) in [5.41, 5.74) is 0.902. The lowest BCUT2D eigenvalue weighted by molar-refractivity contribution is -0.122. The van der Waals surface area contributed by atoms with Gasteiger partial charge in [-0.3, -0.25) is 9.78 Å². The van der Waals surface area contributed by atoms with E-state index in [0.29, 0.717) is 5.92 Å². The predicted octanol–water partition coefficient (Wildman–Crippen LogP) is 0.900. The highest BCUT2D eigenvalue weighted by Crippen LogP contribution is 2.21. The minimum Gasteiger partial charge on any atom is -0.316 e. The van der Waals surface area contributed by atoms with Gasteiger partial charge in [-0.2, -0.15) is 0 Å². The number of carbonyl (C=O) groups is 1. The minimum absolute atomic E-state index is 0.0955. The molecule has 0 aromatic carbocycles. The Hall–Kier alpha value is -1.42. The molecule has 2 heterocycles. The maximum absolute atomic E-state index is 12.2. The van der Waals surface area contributed by atoms with Crippen molar-refractivity contribution in [2.45, 2.75) is 6.92 Å². The molecule has 4 heteroatoms. The van der Waals surface area contributed by atoms with Gasteiger partial charge < -0.3 is 10.2 Å². The molecule has 1 fully saturated rings. The number of nitrogens with one attached hydrogen (secondary N) is 1. The molecular formula is C12H17N3O. The van der Waals surface area contributed by atoms with E-state index in [1.807, 2.05) is 19.2 Å². The Bertz CT molecular complexity index is 366. The normalized spacial score (nSPS) is 24.4. The summed E-state index contributed by atoms with van der Waals surface area (Å²) in [6.45, 7) is 3.83. The van der Waals surface area contributed by atoms with Crippen molar-refractivity contribution in [3.05, 3.63) is 24.5 Å². The summed E-state index contributed by atoms with van der Waals surface area (Å²) >= 11 is 0. The lowest BCUT2D eigenvalue weighted by Crippen LogP contribution is -2.36. The minimum atomic E-state index is 0.0955. The topological polar surface area (TPSA) is 45.2 Å². The van der Waals surface area contributed by atoms with E-state index in [4.69, 9.17) is 0 Å². The van der Waals surface area contributed by atoms with Gasteiger partial charge in [0.1, 0.15) is 0 Å². The number of nitrogens with zero attached hydrogens (tertiary/aromatic N) is 2. The van der Waals surface area contributed by atoms with Gasteiger partial charge >= 0.3 is 0 Å². The van der Waals surface area contributed by atoms with Gasteiger partial charge in [-0.25, -0.2) is 0 Å². The SMILES string of the molecule is CC1CNCC1C(=O)N(C)c1ccncc1. The van der Waals surface area contributed by atoms with E-state index in [1.165, 1.54) is 0 Å². The Morgan fingerprint density at radius 1 is 1.44 bits per heavy atom. The molecule has 2 atom stereocenters. The van der Waals surface area contributed by atoms with Crippen LogP contribution < -0.4 is 10.2 Å². The molecule has 86 valence electrons. The number of rotatable bonds is 2. The van der Waals surface area contributed by atoms with Gasteiger partial charge in [0.2, 0.25) is 5.91 Å². The fourth-order valence-corrected chi connectivity index (χ4v) is 2.08. The molecule has 1 saturated heterocycles. The monoisotopic (exact) mass is 219 g/mol. The first-order valence-corrected chi connectivity index (χ1v) is 5.58. The lowest BCUT2D eigenvalue weighted by Gasteiger charge is -2.22. The van der Waals surface area contributed by atoms with Crippen LogP contribution in [0, 0.1) is 11.8 Å². The van der Waals surface area contributed by atoms with E-state index in [1.54, 1.807) is 17.3 Å². The van der Waals surface area contributed by atoms with Crippen molar-refractivity contribution in [1.29, 1.82) is 0 Å². The number of carbonyl (C=O) groups excluding carboxylic acids is 1. The van der Waals surface area contributed by atoms with E-state index < -0.39 is 0 Å². The Morgan fingerprint density at radius 2 is 2.12 bits per heavy atom. The zero-order chi connectivity index (χ0) is 11.5. The van der Waals surface area contributed by atoms with Crippen LogP contribution in [0.2, 0.25) is 0 Å². The third-order valence-corrected chi connectivity index (χ3v) is 3.22. The molecule has 1 aliphatic rings. The first-order chi connectivity index (χ1) is 7.70. The van der Waals surface area contributed by atoms with Gasteiger partial charge in [0.15, 0.2) is 0 Å². The number of hydrogen-bond acceptors (Lipinski definition) is 3. The third kappa shape index (κ3) is 2.07. The van der Waals surface area contributed by atoms with Crippen LogP contribution in [0.15, 0.2) is 24.5 Å². The standard InChI is InChI=1S/C12H17N3O/c1-9-7-14-8-11(9)12(16)15(2)10-3-5-13-6-4-10/h3-6,9,11,14H,7-8H2,1-2H3. The molecule has 1 aromatic rings. The number of hydrogen-bond donors (Lipinski definition) is 1. The molecule has 16 heavy (non-hydrogen) atoms. The Balaban J connectivity index is 2.10. The van der Waals surface area contributed by atoms with Gasteiger partial charge in [-0.15, -0.1) is 0 Å². The summed E-state index contributed by atoms with van der Waals surface area (Å²) in [7, 11) is 1.82. The lowest BCUT2D eigenvalue weighted by atomic mass is 9.96. The molecule has 0 saturated carbocycles. The number of amides is 1. The van der Waals surface area contributed by atoms with E-state index in [9.17, 15) is 4.79 Å². The highest BCUT2D eigenvalue weighted by Gasteiger charge is 2.31. The molecule has 0 radical (unpaired) electrons. The maximum Gasteiger partial charge on any atom is 0.231 e. The van der Waals surface area contributed by atoms with Crippen LogP contribution in [0.4, 0.5) is 5.69 Å². The highest BCUT2D eigenvalue weighted by atomic mass is 16.2. The van der Waals surface area contributed by atoms with Crippen molar-refractivity contribution >= 4 is 11.6 Å². The van der Waals surface area contributed by atoms with Crippen molar-refractivity contribution in [1.82, 2.24) is 10.3 Å². The zero-order valence-electron chi connectivity index (χ0n) is 9.68. The van der Waals surface area contributed by atoms with Crippen LogP contribution >= 0.6 is 0 Å². The van der Waals surface area contributed by atoms with E-state index in [2.05, 4.69) is 17.2 Å². The van der Waals surface area contributed by atoms with Gasteiger partial charge in [0, 0.05) is 31.7 Å². The van der Waals surface area contributed by atoms with Gasteiger partial charge in [0.05, 0.1) is 5.92 Å². The smallest absolute Gasteiger partial charge is 0.231 e. The average molecular weight is 219 g/mol. The van der Waals surface area contributed by atoms with Gasteiger partial charge in [-0.1, -0.05) is 6.92 Å². The molecular weight excluding hydrogens is 202 g/mol. The van der Waals surface area contributed by atoms with Crippen LogP contribution in [0.1, 0.15) is 6.92 Å². The van der Waals surface area contributed by atoms with Crippen LogP contribution in [0.5, 0.6) is 0 Å². The largest absolute Gasteiger partial charge is 0.316 e. The molecule has 1 aliphatic heterocycles. The second-order valence-corrected chi connectivity index (χ2v) is 4.34. The molecule has 1 N–H and O–H groups in total. The molecule has 2 rings (SSSR count). The van der Waals surface area contributed by atoms with Crippen LogP contribution in [-0.2, 0) is 4.79 Å². The predicted molar refractivity (Wildman–Crippen MR) is 63.2 cm³/mol. The van der Waals surface area contributed by atoms with Crippen LogP contribution in [0.25, 0.3) is 0 Å². The summed E-state index contributed by atoms with van der Waals surface area (Å²) in [6.07, 6.45) is 3.41. The van der Waals surface area contributed by atoms with Crippen molar-refractivity contribution in [2.75, 3.05) is 25.0 Å².